The van der Waals surface area contributed by atoms with Gasteiger partial charge in [0.15, 0.2) is 5.17 Å². The third-order valence-corrected chi connectivity index (χ3v) is 3.97. The van der Waals surface area contributed by atoms with Gasteiger partial charge in [-0.1, -0.05) is 11.8 Å². The fourth-order valence-electron chi connectivity index (χ4n) is 1.93. The lowest BCUT2D eigenvalue weighted by Crippen LogP contribution is -2.46. The first-order valence-electron chi connectivity index (χ1n) is 5.72. The second kappa shape index (κ2) is 4.28. The van der Waals surface area contributed by atoms with Crippen LogP contribution in [-0.2, 0) is 4.79 Å². The first-order chi connectivity index (χ1) is 7.48. The van der Waals surface area contributed by atoms with Crippen LogP contribution in [-0.4, -0.2) is 46.9 Å². The van der Waals surface area contributed by atoms with Crippen molar-refractivity contribution in [3.63, 3.8) is 0 Å². The number of hydrogen-bond acceptors (Lipinski definition) is 3. The lowest BCUT2D eigenvalue weighted by atomic mass is 10.0. The molecule has 1 amide bonds. The normalized spacial score (nSPS) is 31.9. The summed E-state index contributed by atoms with van der Waals surface area (Å²) in [6, 6.07) is -0.158. The molecule has 0 aliphatic carbocycles. The molecule has 0 aromatic carbocycles. The van der Waals surface area contributed by atoms with Gasteiger partial charge in [0, 0.05) is 24.9 Å². The minimum atomic E-state index is -0.158. The summed E-state index contributed by atoms with van der Waals surface area (Å²) in [5, 5.41) is 4.33. The smallest absolute Gasteiger partial charge is 0.247 e. The number of nitrogens with one attached hydrogen (secondary N) is 1. The average Bonchev–Trinajstić information content (AvgIpc) is 2.48. The molecule has 1 atom stereocenters. The fourth-order valence-corrected chi connectivity index (χ4v) is 3.28. The van der Waals surface area contributed by atoms with Crippen LogP contribution in [0.3, 0.4) is 0 Å². The summed E-state index contributed by atoms with van der Waals surface area (Å²) in [7, 11) is 1.84. The number of likely N-dealkylation sites (N-methyl/N-ethyl adjacent to an activating group) is 1. The molecule has 1 N–H and O–H groups in total. The third kappa shape index (κ3) is 2.51. The molecule has 2 aliphatic rings. The van der Waals surface area contributed by atoms with Crippen LogP contribution < -0.4 is 5.32 Å². The van der Waals surface area contributed by atoms with E-state index in [1.807, 2.05) is 7.05 Å². The monoisotopic (exact) mass is 241 g/mol. The van der Waals surface area contributed by atoms with E-state index in [0.717, 1.165) is 30.3 Å². The van der Waals surface area contributed by atoms with E-state index in [4.69, 9.17) is 0 Å². The number of thioether (sulfide) groups is 1. The number of amidine groups is 1. The number of rotatable bonds is 1. The number of likely N-dealkylation sites (tertiary alicyclic amines) is 1. The van der Waals surface area contributed by atoms with Gasteiger partial charge in [-0.2, -0.15) is 0 Å². The van der Waals surface area contributed by atoms with E-state index in [9.17, 15) is 4.79 Å². The van der Waals surface area contributed by atoms with Crippen LogP contribution in [0.25, 0.3) is 0 Å². The molecule has 16 heavy (non-hydrogen) atoms. The van der Waals surface area contributed by atoms with Crippen LogP contribution >= 0.6 is 11.8 Å². The summed E-state index contributed by atoms with van der Waals surface area (Å²) >= 11 is 1.72. The maximum Gasteiger partial charge on any atom is 0.247 e. The Hall–Kier alpha value is -0.710. The number of aliphatic imine (C=N–C) groups is 1. The molecule has 0 spiro atoms. The van der Waals surface area contributed by atoms with E-state index in [-0.39, 0.29) is 17.5 Å². The van der Waals surface area contributed by atoms with Crippen molar-refractivity contribution in [3.05, 3.63) is 0 Å². The molecular weight excluding hydrogens is 222 g/mol. The topological polar surface area (TPSA) is 44.7 Å². The van der Waals surface area contributed by atoms with Crippen molar-refractivity contribution in [1.82, 2.24) is 10.2 Å². The number of carbonyl (C=O) groups is 1. The molecule has 0 radical (unpaired) electrons. The van der Waals surface area contributed by atoms with Crippen molar-refractivity contribution in [2.45, 2.75) is 38.3 Å². The van der Waals surface area contributed by atoms with Crippen LogP contribution in [0.1, 0.15) is 26.7 Å². The maximum absolute atomic E-state index is 11.7. The molecule has 2 aliphatic heterocycles. The third-order valence-electron chi connectivity index (χ3n) is 3.08. The Morgan fingerprint density at radius 1 is 1.56 bits per heavy atom. The van der Waals surface area contributed by atoms with Crippen LogP contribution in [0.15, 0.2) is 4.99 Å². The van der Waals surface area contributed by atoms with Crippen molar-refractivity contribution >= 4 is 22.8 Å². The highest BCUT2D eigenvalue weighted by atomic mass is 32.2. The summed E-state index contributed by atoms with van der Waals surface area (Å²) in [5.74, 6) is 1.23. The summed E-state index contributed by atoms with van der Waals surface area (Å²) in [4.78, 5) is 18.0. The fraction of sp³-hybridized carbons (Fsp3) is 0.818. The predicted molar refractivity (Wildman–Crippen MR) is 67.8 cm³/mol. The Bertz CT molecular complexity index is 327. The van der Waals surface area contributed by atoms with Crippen molar-refractivity contribution in [1.29, 1.82) is 0 Å². The molecule has 0 aromatic heterocycles. The largest absolute Gasteiger partial charge is 0.360 e. The molecule has 0 saturated carbocycles. The minimum Gasteiger partial charge on any atom is -0.360 e. The molecule has 2 fully saturated rings. The lowest BCUT2D eigenvalue weighted by molar-refractivity contribution is -0.127. The molecule has 2 heterocycles. The highest BCUT2D eigenvalue weighted by Gasteiger charge is 2.31. The summed E-state index contributed by atoms with van der Waals surface area (Å²) in [5.41, 5.74) is 0.109. The number of nitrogens with zero attached hydrogens (tertiary/aromatic N) is 2. The van der Waals surface area contributed by atoms with Crippen molar-refractivity contribution in [2.24, 2.45) is 4.99 Å². The second-order valence-electron chi connectivity index (χ2n) is 5.11. The second-order valence-corrected chi connectivity index (χ2v) is 6.19. The number of hydrogen-bond donors (Lipinski definition) is 1. The van der Waals surface area contributed by atoms with E-state index in [2.05, 4.69) is 24.2 Å². The van der Waals surface area contributed by atoms with Crippen molar-refractivity contribution in [3.8, 4) is 0 Å². The quantitative estimate of drug-likeness (QED) is 0.747. The van der Waals surface area contributed by atoms with Gasteiger partial charge in [0.25, 0.3) is 0 Å². The SMILES string of the molecule is CN1CCC(N=C2NC(C)(C)CCS2)C1=O. The van der Waals surface area contributed by atoms with Crippen molar-refractivity contribution in [2.75, 3.05) is 19.3 Å². The van der Waals surface area contributed by atoms with E-state index >= 15 is 0 Å². The van der Waals surface area contributed by atoms with Crippen LogP contribution in [0, 0.1) is 0 Å². The molecule has 1 unspecified atom stereocenters. The Morgan fingerprint density at radius 2 is 2.31 bits per heavy atom. The van der Waals surface area contributed by atoms with Crippen LogP contribution in [0.5, 0.6) is 0 Å². The Balaban J connectivity index is 2.04. The van der Waals surface area contributed by atoms with Gasteiger partial charge in [0.05, 0.1) is 0 Å². The van der Waals surface area contributed by atoms with Gasteiger partial charge in [-0.05, 0) is 26.7 Å². The van der Waals surface area contributed by atoms with Crippen molar-refractivity contribution < 1.29 is 4.79 Å². The molecule has 0 aromatic rings. The highest BCUT2D eigenvalue weighted by Crippen LogP contribution is 2.23. The average molecular weight is 241 g/mol. The number of carbonyl (C=O) groups excluding carboxylic acids is 1. The highest BCUT2D eigenvalue weighted by molar-refractivity contribution is 8.13. The van der Waals surface area contributed by atoms with Gasteiger partial charge in [0.2, 0.25) is 5.91 Å². The Kier molecular flexibility index (Phi) is 3.15. The zero-order valence-corrected chi connectivity index (χ0v) is 10.9. The van der Waals surface area contributed by atoms with Gasteiger partial charge < -0.3 is 10.2 Å². The molecule has 2 saturated heterocycles. The molecule has 90 valence electrons. The first-order valence-corrected chi connectivity index (χ1v) is 6.70. The van der Waals surface area contributed by atoms with Gasteiger partial charge in [-0.3, -0.25) is 4.79 Å². The Morgan fingerprint density at radius 3 is 2.88 bits per heavy atom. The Labute approximate surface area is 101 Å². The number of amides is 1. The van der Waals surface area contributed by atoms with E-state index in [1.165, 1.54) is 0 Å². The van der Waals surface area contributed by atoms with Gasteiger partial charge >= 0.3 is 0 Å². The van der Waals surface area contributed by atoms with E-state index in [1.54, 1.807) is 16.7 Å². The van der Waals surface area contributed by atoms with Crippen LogP contribution in [0.4, 0.5) is 0 Å². The summed E-state index contributed by atoms with van der Waals surface area (Å²) in [6.45, 7) is 5.17. The molecule has 5 heteroatoms. The zero-order valence-electron chi connectivity index (χ0n) is 10.1. The summed E-state index contributed by atoms with van der Waals surface area (Å²) < 4.78 is 0. The molecule has 4 nitrogen and oxygen atoms in total. The first kappa shape index (κ1) is 11.8. The van der Waals surface area contributed by atoms with E-state index in [0.29, 0.717) is 0 Å². The van der Waals surface area contributed by atoms with Crippen LogP contribution in [0.2, 0.25) is 0 Å². The van der Waals surface area contributed by atoms with Gasteiger partial charge in [-0.15, -0.1) is 0 Å². The maximum atomic E-state index is 11.7. The van der Waals surface area contributed by atoms with E-state index < -0.39 is 0 Å². The minimum absolute atomic E-state index is 0.109. The molecule has 0 bridgehead atoms. The predicted octanol–water partition coefficient (Wildman–Crippen LogP) is 1.08. The molecule has 2 rings (SSSR count). The molecular formula is C11H19N3OS. The zero-order chi connectivity index (χ0) is 11.8. The van der Waals surface area contributed by atoms with Gasteiger partial charge in [-0.25, -0.2) is 4.99 Å². The lowest BCUT2D eigenvalue weighted by Gasteiger charge is -2.32. The summed E-state index contributed by atoms with van der Waals surface area (Å²) in [6.07, 6.45) is 1.98. The standard InChI is InChI=1S/C11H19N3OS/c1-11(2)5-7-16-10(13-11)12-8-4-6-14(3)9(8)15/h8H,4-7H2,1-3H3,(H,12,13). The van der Waals surface area contributed by atoms with Gasteiger partial charge in [0.1, 0.15) is 6.04 Å².